The van der Waals surface area contributed by atoms with Crippen molar-refractivity contribution in [2.75, 3.05) is 25.0 Å². The molecular weight excluding hydrogens is 378 g/mol. The third kappa shape index (κ3) is 5.94. The minimum absolute atomic E-state index is 0. The van der Waals surface area contributed by atoms with Gasteiger partial charge in [0.25, 0.3) is 0 Å². The summed E-state index contributed by atoms with van der Waals surface area (Å²) in [7, 11) is 0. The van der Waals surface area contributed by atoms with Gasteiger partial charge in [0.2, 0.25) is 11.8 Å². The molecular formula is C20H30ClN5O2. The number of benzene rings is 1. The predicted molar refractivity (Wildman–Crippen MR) is 111 cm³/mol. The first-order valence-electron chi connectivity index (χ1n) is 9.68. The smallest absolute Gasteiger partial charge is 0.315 e. The summed E-state index contributed by atoms with van der Waals surface area (Å²) in [5.74, 6) is 1.25. The Kier molecular flexibility index (Phi) is 8.26. The van der Waals surface area contributed by atoms with Crippen LogP contribution in [0.3, 0.4) is 0 Å². The molecule has 0 saturated carbocycles. The largest absolute Gasteiger partial charge is 0.406 e. The number of carbonyl (C=O) groups excluding carboxylic acids is 1. The number of nitrogens with one attached hydrogen (secondary N) is 1. The van der Waals surface area contributed by atoms with Crippen LogP contribution in [0.5, 0.6) is 0 Å². The summed E-state index contributed by atoms with van der Waals surface area (Å²) >= 11 is 0. The zero-order chi connectivity index (χ0) is 19.2. The summed E-state index contributed by atoms with van der Waals surface area (Å²) in [4.78, 5) is 14.0. The van der Waals surface area contributed by atoms with Crippen LogP contribution >= 0.6 is 12.4 Å². The summed E-state index contributed by atoms with van der Waals surface area (Å²) in [5, 5.41) is 11.4. The summed E-state index contributed by atoms with van der Waals surface area (Å²) in [6.45, 7) is 6.30. The number of amides is 1. The van der Waals surface area contributed by atoms with E-state index >= 15 is 0 Å². The molecule has 0 bridgehead atoms. The van der Waals surface area contributed by atoms with Crippen LogP contribution in [-0.4, -0.2) is 40.6 Å². The van der Waals surface area contributed by atoms with Gasteiger partial charge in [0.15, 0.2) is 0 Å². The van der Waals surface area contributed by atoms with Gasteiger partial charge in [-0.1, -0.05) is 49.3 Å². The van der Waals surface area contributed by atoms with Crippen LogP contribution < -0.4 is 11.1 Å². The lowest BCUT2D eigenvalue weighted by Crippen LogP contribution is -2.41. The highest BCUT2D eigenvalue weighted by Crippen LogP contribution is 2.21. The van der Waals surface area contributed by atoms with Crippen molar-refractivity contribution in [2.24, 2.45) is 17.6 Å². The van der Waals surface area contributed by atoms with E-state index in [9.17, 15) is 4.79 Å². The highest BCUT2D eigenvalue weighted by atomic mass is 35.5. The lowest BCUT2D eigenvalue weighted by molar-refractivity contribution is -0.135. The number of anilines is 1. The Labute approximate surface area is 172 Å². The molecule has 7 nitrogen and oxygen atoms in total. The normalized spacial score (nSPS) is 15.9. The molecule has 1 aliphatic heterocycles. The van der Waals surface area contributed by atoms with Crippen molar-refractivity contribution in [3.05, 3.63) is 41.8 Å². The quantitative estimate of drug-likeness (QED) is 0.732. The van der Waals surface area contributed by atoms with Gasteiger partial charge in [-0.15, -0.1) is 17.5 Å². The van der Waals surface area contributed by atoms with E-state index in [0.29, 0.717) is 24.2 Å². The van der Waals surface area contributed by atoms with Crippen LogP contribution in [0.4, 0.5) is 6.01 Å². The van der Waals surface area contributed by atoms with Gasteiger partial charge >= 0.3 is 6.01 Å². The molecule has 3 N–H and O–H groups in total. The van der Waals surface area contributed by atoms with Gasteiger partial charge in [-0.2, -0.15) is 0 Å². The van der Waals surface area contributed by atoms with Crippen LogP contribution in [0.15, 0.2) is 34.7 Å². The van der Waals surface area contributed by atoms with E-state index in [4.69, 9.17) is 10.2 Å². The van der Waals surface area contributed by atoms with Crippen LogP contribution in [0.2, 0.25) is 0 Å². The zero-order valence-corrected chi connectivity index (χ0v) is 17.3. The first kappa shape index (κ1) is 22.2. The SMILES string of the molecule is CC(C)C(=O)N1CCC(CNc2nnc([C@H](N)Cc3ccccc3)o2)CC1.Cl. The van der Waals surface area contributed by atoms with Crippen molar-refractivity contribution in [1.82, 2.24) is 15.1 Å². The number of carbonyl (C=O) groups is 1. The molecule has 0 radical (unpaired) electrons. The van der Waals surface area contributed by atoms with Crippen molar-refractivity contribution >= 4 is 24.3 Å². The molecule has 1 fully saturated rings. The maximum absolute atomic E-state index is 12.0. The van der Waals surface area contributed by atoms with Crippen LogP contribution in [0.25, 0.3) is 0 Å². The zero-order valence-electron chi connectivity index (χ0n) is 16.5. The fourth-order valence-electron chi connectivity index (χ4n) is 3.37. The standard InChI is InChI=1S/C20H29N5O2.ClH/c1-14(2)19(26)25-10-8-16(9-11-25)13-22-20-24-23-18(27-20)17(21)12-15-6-4-3-5-7-15;/h3-7,14,16-17H,8-13,21H2,1-2H3,(H,22,24);1H/t17-;/m1./s1. The highest BCUT2D eigenvalue weighted by Gasteiger charge is 2.24. The summed E-state index contributed by atoms with van der Waals surface area (Å²) < 4.78 is 5.68. The Morgan fingerprint density at radius 1 is 1.25 bits per heavy atom. The Balaban J connectivity index is 0.00000280. The topological polar surface area (TPSA) is 97.3 Å². The number of piperidine rings is 1. The maximum Gasteiger partial charge on any atom is 0.315 e. The molecule has 1 aliphatic rings. The fourth-order valence-corrected chi connectivity index (χ4v) is 3.37. The molecule has 2 heterocycles. The Morgan fingerprint density at radius 2 is 1.93 bits per heavy atom. The molecule has 0 spiro atoms. The van der Waals surface area contributed by atoms with Crippen molar-refractivity contribution in [3.63, 3.8) is 0 Å². The van der Waals surface area contributed by atoms with E-state index in [1.807, 2.05) is 49.1 Å². The second-order valence-corrected chi connectivity index (χ2v) is 7.55. The first-order valence-corrected chi connectivity index (χ1v) is 9.68. The van der Waals surface area contributed by atoms with E-state index in [1.165, 1.54) is 0 Å². The third-order valence-corrected chi connectivity index (χ3v) is 5.02. The third-order valence-electron chi connectivity index (χ3n) is 5.02. The predicted octanol–water partition coefficient (Wildman–Crippen LogP) is 3.04. The molecule has 3 rings (SSSR count). The molecule has 1 aromatic carbocycles. The van der Waals surface area contributed by atoms with Gasteiger partial charge in [0, 0.05) is 25.6 Å². The number of aromatic nitrogens is 2. The van der Waals surface area contributed by atoms with E-state index in [2.05, 4.69) is 15.5 Å². The van der Waals surface area contributed by atoms with Crippen molar-refractivity contribution in [3.8, 4) is 0 Å². The Morgan fingerprint density at radius 3 is 2.57 bits per heavy atom. The van der Waals surface area contributed by atoms with E-state index in [-0.39, 0.29) is 30.3 Å². The lowest BCUT2D eigenvalue weighted by atomic mass is 9.96. The van der Waals surface area contributed by atoms with Crippen LogP contribution in [0, 0.1) is 11.8 Å². The number of nitrogens with zero attached hydrogens (tertiary/aromatic N) is 3. The average Bonchev–Trinajstić information content (AvgIpc) is 3.16. The van der Waals surface area contributed by atoms with Crippen molar-refractivity contribution < 1.29 is 9.21 Å². The molecule has 28 heavy (non-hydrogen) atoms. The monoisotopic (exact) mass is 407 g/mol. The number of halogens is 1. The van der Waals surface area contributed by atoms with Crippen LogP contribution in [-0.2, 0) is 11.2 Å². The van der Waals surface area contributed by atoms with Crippen LogP contribution in [0.1, 0.15) is 44.2 Å². The number of hydrogen-bond acceptors (Lipinski definition) is 6. The molecule has 2 aromatic rings. The number of likely N-dealkylation sites (tertiary alicyclic amines) is 1. The van der Waals surface area contributed by atoms with E-state index < -0.39 is 0 Å². The van der Waals surface area contributed by atoms with Crippen molar-refractivity contribution in [2.45, 2.75) is 39.2 Å². The summed E-state index contributed by atoms with van der Waals surface area (Å²) in [6.07, 6.45) is 2.63. The lowest BCUT2D eigenvalue weighted by Gasteiger charge is -2.33. The van der Waals surface area contributed by atoms with E-state index in [1.54, 1.807) is 0 Å². The Hall–Kier alpha value is -2.12. The van der Waals surface area contributed by atoms with E-state index in [0.717, 1.165) is 38.0 Å². The number of nitrogens with two attached hydrogens (primary N) is 1. The molecule has 1 amide bonds. The maximum atomic E-state index is 12.0. The average molecular weight is 408 g/mol. The molecule has 8 heteroatoms. The first-order chi connectivity index (χ1) is 13.0. The second-order valence-electron chi connectivity index (χ2n) is 7.55. The minimum atomic E-state index is -0.319. The second kappa shape index (κ2) is 10.4. The van der Waals surface area contributed by atoms with Gasteiger partial charge in [-0.05, 0) is 30.7 Å². The van der Waals surface area contributed by atoms with Gasteiger partial charge in [0.05, 0.1) is 6.04 Å². The van der Waals surface area contributed by atoms with Gasteiger partial charge in [-0.3, -0.25) is 4.79 Å². The van der Waals surface area contributed by atoms with Gasteiger partial charge < -0.3 is 20.4 Å². The molecule has 1 atom stereocenters. The summed E-state index contributed by atoms with van der Waals surface area (Å²) in [6, 6.07) is 10.1. The van der Waals surface area contributed by atoms with Gasteiger partial charge in [0.1, 0.15) is 0 Å². The van der Waals surface area contributed by atoms with Crippen molar-refractivity contribution in [1.29, 1.82) is 0 Å². The molecule has 0 unspecified atom stereocenters. The molecule has 154 valence electrons. The number of hydrogen-bond donors (Lipinski definition) is 2. The minimum Gasteiger partial charge on any atom is -0.406 e. The number of rotatable bonds is 7. The highest BCUT2D eigenvalue weighted by molar-refractivity contribution is 5.85. The Bertz CT molecular complexity index is 729. The fraction of sp³-hybridized carbons (Fsp3) is 0.550. The molecule has 1 saturated heterocycles. The summed E-state index contributed by atoms with van der Waals surface area (Å²) in [5.41, 5.74) is 7.33. The molecule has 0 aliphatic carbocycles. The van der Waals surface area contributed by atoms with Gasteiger partial charge in [-0.25, -0.2) is 0 Å². The molecule has 1 aromatic heterocycles.